The number of guanidine groups is 2. The van der Waals surface area contributed by atoms with E-state index in [1.807, 2.05) is 48.5 Å². The number of aliphatic imine (C=N–C) groups is 4. The largest absolute Gasteiger partial charge is 0.383 e. The van der Waals surface area contributed by atoms with Crippen molar-refractivity contribution in [3.8, 4) is 0 Å². The van der Waals surface area contributed by atoms with Crippen molar-refractivity contribution in [3.63, 3.8) is 0 Å². The highest BCUT2D eigenvalue weighted by molar-refractivity contribution is 6.31. The number of amidine groups is 2. The van der Waals surface area contributed by atoms with Crippen LogP contribution >= 0.6 is 35.6 Å². The zero-order valence-corrected chi connectivity index (χ0v) is 27.0. The second-order valence-electron chi connectivity index (χ2n) is 9.13. The van der Waals surface area contributed by atoms with Crippen molar-refractivity contribution in [2.75, 3.05) is 39.3 Å². The zero-order valence-electron chi connectivity index (χ0n) is 24.7. The molecule has 0 aliphatic rings. The Hall–Kier alpha value is -2.81. The van der Waals surface area contributed by atoms with Crippen molar-refractivity contribution in [2.45, 2.75) is 53.4 Å². The topological polar surface area (TPSA) is 108 Å². The van der Waals surface area contributed by atoms with Gasteiger partial charge in [-0.3, -0.25) is 9.98 Å². The van der Waals surface area contributed by atoms with Crippen LogP contribution in [0.4, 0.5) is 0 Å². The van der Waals surface area contributed by atoms with Gasteiger partial charge in [-0.25, -0.2) is 0 Å². The van der Waals surface area contributed by atoms with Gasteiger partial charge in [0.25, 0.3) is 0 Å². The number of rotatable bonds is 13. The first kappa shape index (κ1) is 36.2. The first-order valence-corrected chi connectivity index (χ1v) is 14.9. The molecule has 11 heteroatoms. The molecule has 0 fully saturated rings. The van der Waals surface area contributed by atoms with E-state index < -0.39 is 0 Å². The van der Waals surface area contributed by atoms with Crippen LogP contribution in [0, 0.1) is 0 Å². The van der Waals surface area contributed by atoms with Crippen LogP contribution in [-0.4, -0.2) is 72.7 Å². The van der Waals surface area contributed by atoms with Crippen LogP contribution in [0.15, 0.2) is 68.5 Å². The molecule has 2 aromatic carbocycles. The fourth-order valence-electron chi connectivity index (χ4n) is 3.95. The Balaban J connectivity index is 0.00000840. The predicted molar refractivity (Wildman–Crippen MR) is 181 cm³/mol. The number of unbranched alkanes of at least 4 members (excludes halogenated alkanes) is 3. The highest BCUT2D eigenvalue weighted by atomic mass is 35.5. The van der Waals surface area contributed by atoms with Gasteiger partial charge in [-0.1, -0.05) is 36.0 Å². The first-order chi connectivity index (χ1) is 19.3. The summed E-state index contributed by atoms with van der Waals surface area (Å²) in [6, 6.07) is 14.7. The molecule has 8 nitrogen and oxygen atoms in total. The number of hydrogen-bond donors (Lipinski definition) is 2. The summed E-state index contributed by atoms with van der Waals surface area (Å²) in [6.07, 6.45) is 4.04. The lowest BCUT2D eigenvalue weighted by Gasteiger charge is -2.20. The van der Waals surface area contributed by atoms with Crippen LogP contribution in [-0.2, 0) is 0 Å². The van der Waals surface area contributed by atoms with E-state index in [0.717, 1.165) is 63.0 Å². The fraction of sp³-hybridized carbons (Fsp3) is 0.467. The molecular formula is C30H45Cl3N8. The third kappa shape index (κ3) is 12.7. The lowest BCUT2D eigenvalue weighted by atomic mass is 10.2. The summed E-state index contributed by atoms with van der Waals surface area (Å²) in [5, 5.41) is 1.33. The number of halogens is 3. The normalized spacial score (nSPS) is 12.7. The minimum Gasteiger partial charge on any atom is -0.383 e. The molecule has 0 unspecified atom stereocenters. The highest BCUT2D eigenvalue weighted by Gasteiger charge is 2.10. The molecule has 0 heterocycles. The fourth-order valence-corrected chi connectivity index (χ4v) is 4.20. The van der Waals surface area contributed by atoms with Gasteiger partial charge >= 0.3 is 0 Å². The Kier molecular flexibility index (Phi) is 17.8. The molecule has 226 valence electrons. The molecule has 4 N–H and O–H groups in total. The van der Waals surface area contributed by atoms with Gasteiger partial charge in [0.05, 0.1) is 0 Å². The number of hydrogen-bond acceptors (Lipinski definition) is 2. The van der Waals surface area contributed by atoms with Crippen molar-refractivity contribution in [3.05, 3.63) is 69.7 Å². The van der Waals surface area contributed by atoms with Crippen LogP contribution in [0.5, 0.6) is 0 Å². The molecule has 0 aromatic heterocycles. The number of nitrogens with two attached hydrogens (primary N) is 2. The monoisotopic (exact) mass is 622 g/mol. The Labute approximate surface area is 262 Å². The molecule has 0 atom stereocenters. The zero-order chi connectivity index (χ0) is 29.3. The van der Waals surface area contributed by atoms with E-state index in [2.05, 4.69) is 47.5 Å². The van der Waals surface area contributed by atoms with E-state index in [4.69, 9.17) is 44.7 Å². The number of benzene rings is 2. The molecule has 0 aliphatic heterocycles. The Morgan fingerprint density at radius 1 is 0.585 bits per heavy atom. The van der Waals surface area contributed by atoms with E-state index in [-0.39, 0.29) is 12.4 Å². The van der Waals surface area contributed by atoms with Gasteiger partial charge < -0.3 is 21.3 Å². The van der Waals surface area contributed by atoms with E-state index in [0.29, 0.717) is 46.7 Å². The standard InChI is InChI=1S/C30H44Cl2N8.ClH/c1-5-39(6-2)29(37-27(33)23-13-17-25(31)18-14-23)35-21-11-9-10-12-22-36-30(40(7-3)8-4)38-28(34)24-15-19-26(32)20-16-24;/h13-20H,5-12,21-22H2,1-4H3,(H2,33,35,37)(H2,34,36,38);1H. The summed E-state index contributed by atoms with van der Waals surface area (Å²) < 4.78 is 0. The van der Waals surface area contributed by atoms with Crippen molar-refractivity contribution >= 4 is 59.2 Å². The second kappa shape index (κ2) is 20.1. The lowest BCUT2D eigenvalue weighted by molar-refractivity contribution is 0.457. The summed E-state index contributed by atoms with van der Waals surface area (Å²) in [5.41, 5.74) is 14.2. The summed E-state index contributed by atoms with van der Waals surface area (Å²) in [4.78, 5) is 23.1. The maximum Gasteiger partial charge on any atom is 0.222 e. The maximum absolute atomic E-state index is 6.27. The molecule has 0 aliphatic carbocycles. The van der Waals surface area contributed by atoms with Gasteiger partial charge in [0.1, 0.15) is 11.7 Å². The quantitative estimate of drug-likeness (QED) is 0.151. The van der Waals surface area contributed by atoms with Gasteiger partial charge in [-0.15, -0.1) is 12.4 Å². The Morgan fingerprint density at radius 3 is 1.20 bits per heavy atom. The minimum absolute atomic E-state index is 0. The van der Waals surface area contributed by atoms with E-state index in [1.165, 1.54) is 0 Å². The van der Waals surface area contributed by atoms with Gasteiger partial charge in [0, 0.05) is 60.4 Å². The van der Waals surface area contributed by atoms with Crippen LogP contribution in [0.2, 0.25) is 10.0 Å². The van der Waals surface area contributed by atoms with Crippen LogP contribution < -0.4 is 11.5 Å². The van der Waals surface area contributed by atoms with Crippen molar-refractivity contribution in [1.29, 1.82) is 0 Å². The molecule has 0 spiro atoms. The Bertz CT molecular complexity index is 1050. The summed E-state index contributed by atoms with van der Waals surface area (Å²) >= 11 is 12.0. The van der Waals surface area contributed by atoms with E-state index in [1.54, 1.807) is 0 Å². The van der Waals surface area contributed by atoms with Gasteiger partial charge in [0.15, 0.2) is 0 Å². The van der Waals surface area contributed by atoms with Crippen LogP contribution in [0.3, 0.4) is 0 Å². The summed E-state index contributed by atoms with van der Waals surface area (Å²) in [6.45, 7) is 13.0. The molecule has 2 aromatic rings. The van der Waals surface area contributed by atoms with Crippen LogP contribution in [0.25, 0.3) is 0 Å². The SMILES string of the molecule is CCN(CC)C(=NCCCCCCN=C(/N=C(\N)c1ccc(Cl)cc1)N(CC)CC)/N=C(\N)c1ccc(Cl)cc1.Cl. The molecule has 0 saturated heterocycles. The third-order valence-electron chi connectivity index (χ3n) is 6.39. The molecule has 0 bridgehead atoms. The van der Waals surface area contributed by atoms with Crippen molar-refractivity contribution in [1.82, 2.24) is 9.80 Å². The molecular weight excluding hydrogens is 579 g/mol. The van der Waals surface area contributed by atoms with Gasteiger partial charge in [-0.05, 0) is 89.1 Å². The summed E-state index contributed by atoms with van der Waals surface area (Å²) in [5.74, 6) is 2.20. The average Bonchev–Trinajstić information content (AvgIpc) is 2.95. The van der Waals surface area contributed by atoms with Crippen molar-refractivity contribution in [2.24, 2.45) is 31.4 Å². The molecule has 0 amide bonds. The van der Waals surface area contributed by atoms with E-state index in [9.17, 15) is 0 Å². The van der Waals surface area contributed by atoms with Gasteiger partial charge in [0.2, 0.25) is 11.9 Å². The average molecular weight is 624 g/mol. The second-order valence-corrected chi connectivity index (χ2v) is 10.0. The molecule has 2 rings (SSSR count). The predicted octanol–water partition coefficient (Wildman–Crippen LogP) is 6.48. The lowest BCUT2D eigenvalue weighted by Crippen LogP contribution is -2.31. The third-order valence-corrected chi connectivity index (χ3v) is 6.89. The minimum atomic E-state index is 0. The molecule has 0 radical (unpaired) electrons. The molecule has 41 heavy (non-hydrogen) atoms. The highest BCUT2D eigenvalue weighted by Crippen LogP contribution is 2.11. The number of nitrogens with zero attached hydrogens (tertiary/aromatic N) is 6. The maximum atomic E-state index is 6.27. The smallest absolute Gasteiger partial charge is 0.222 e. The Morgan fingerprint density at radius 2 is 0.902 bits per heavy atom. The summed E-state index contributed by atoms with van der Waals surface area (Å²) in [7, 11) is 0. The van der Waals surface area contributed by atoms with Crippen LogP contribution in [0.1, 0.15) is 64.5 Å². The first-order valence-electron chi connectivity index (χ1n) is 14.1. The molecule has 0 saturated carbocycles. The van der Waals surface area contributed by atoms with Gasteiger partial charge in [-0.2, -0.15) is 9.98 Å². The van der Waals surface area contributed by atoms with E-state index >= 15 is 0 Å². The van der Waals surface area contributed by atoms with Crippen molar-refractivity contribution < 1.29 is 0 Å².